The summed E-state index contributed by atoms with van der Waals surface area (Å²) in [5, 5.41) is 2.77. The minimum atomic E-state index is -0.367. The molecule has 0 aliphatic heterocycles. The molecule has 0 unspecified atom stereocenters. The predicted octanol–water partition coefficient (Wildman–Crippen LogP) is 5.13. The number of halogens is 1. The van der Waals surface area contributed by atoms with Crippen LogP contribution in [0.2, 0.25) is 0 Å². The van der Waals surface area contributed by atoms with Crippen molar-refractivity contribution >= 4 is 38.6 Å². The zero-order valence-electron chi connectivity index (χ0n) is 16.3. The maximum atomic E-state index is 12.3. The minimum absolute atomic E-state index is 0.195. The Bertz CT molecular complexity index is 1200. The van der Waals surface area contributed by atoms with Crippen molar-refractivity contribution in [1.29, 1.82) is 0 Å². The summed E-state index contributed by atoms with van der Waals surface area (Å²) in [6.07, 6.45) is 0. The molecular formula is C21H17BrN2O6. The molecule has 0 saturated carbocycles. The Labute approximate surface area is 179 Å². The number of hydrogen-bond acceptors (Lipinski definition) is 7. The number of carbonyl (C=O) groups excluding carboxylic acids is 1. The summed E-state index contributed by atoms with van der Waals surface area (Å²) in [5.41, 5.74) is 2.37. The fourth-order valence-corrected chi connectivity index (χ4v) is 3.27. The van der Waals surface area contributed by atoms with Gasteiger partial charge in [-0.3, -0.25) is 4.79 Å². The topological polar surface area (TPSA) is 96.0 Å². The first kappa shape index (κ1) is 19.8. The molecule has 0 bridgehead atoms. The number of carbonyl (C=O) groups is 1. The first-order valence-corrected chi connectivity index (χ1v) is 9.59. The van der Waals surface area contributed by atoms with Gasteiger partial charge in [-0.05, 0) is 58.4 Å². The lowest BCUT2D eigenvalue weighted by Crippen LogP contribution is -2.10. The maximum absolute atomic E-state index is 12.3. The number of fused-ring (bicyclic) bond motifs is 1. The van der Waals surface area contributed by atoms with Crippen LogP contribution in [0.5, 0.6) is 17.2 Å². The average Bonchev–Trinajstić information content (AvgIpc) is 3.38. The van der Waals surface area contributed by atoms with Gasteiger partial charge < -0.3 is 28.4 Å². The number of rotatable bonds is 6. The van der Waals surface area contributed by atoms with Crippen LogP contribution in [0.1, 0.15) is 10.6 Å². The third kappa shape index (κ3) is 3.71. The molecule has 30 heavy (non-hydrogen) atoms. The van der Waals surface area contributed by atoms with E-state index in [1.807, 2.05) is 0 Å². The van der Waals surface area contributed by atoms with Gasteiger partial charge in [0, 0.05) is 11.3 Å². The standard InChI is InChI=1S/C21H17BrN2O6/c1-26-16-8-11(9-17(27-2)19(16)28-3)21-24-13-10-12(4-5-14(13)30-21)23-20(25)15-6-7-18(22)29-15/h4-10H,1-3H3,(H,23,25). The Kier molecular flexibility index (Phi) is 5.37. The fraction of sp³-hybridized carbons (Fsp3) is 0.143. The molecule has 0 spiro atoms. The highest BCUT2D eigenvalue weighted by Crippen LogP contribution is 2.41. The van der Waals surface area contributed by atoms with Gasteiger partial charge >= 0.3 is 0 Å². The van der Waals surface area contributed by atoms with Crippen molar-refractivity contribution in [2.45, 2.75) is 0 Å². The molecule has 154 valence electrons. The molecule has 1 N–H and O–H groups in total. The summed E-state index contributed by atoms with van der Waals surface area (Å²) in [5.74, 6) is 1.67. The summed E-state index contributed by atoms with van der Waals surface area (Å²) in [4.78, 5) is 16.8. The van der Waals surface area contributed by atoms with Crippen molar-refractivity contribution in [3.63, 3.8) is 0 Å². The van der Waals surface area contributed by atoms with Crippen molar-refractivity contribution in [3.05, 3.63) is 52.9 Å². The van der Waals surface area contributed by atoms with E-state index < -0.39 is 0 Å². The largest absolute Gasteiger partial charge is 0.493 e. The zero-order chi connectivity index (χ0) is 21.3. The molecule has 0 radical (unpaired) electrons. The predicted molar refractivity (Wildman–Crippen MR) is 113 cm³/mol. The first-order valence-electron chi connectivity index (χ1n) is 8.80. The molecule has 0 atom stereocenters. The number of oxazole rings is 1. The van der Waals surface area contributed by atoms with E-state index in [0.717, 1.165) is 0 Å². The van der Waals surface area contributed by atoms with Crippen molar-refractivity contribution < 1.29 is 27.8 Å². The van der Waals surface area contributed by atoms with E-state index in [0.29, 0.717) is 50.2 Å². The third-order valence-electron chi connectivity index (χ3n) is 4.35. The van der Waals surface area contributed by atoms with Gasteiger partial charge in [-0.25, -0.2) is 4.98 Å². The molecule has 0 aliphatic rings. The smallest absolute Gasteiger partial charge is 0.291 e. The number of methoxy groups -OCH3 is 3. The second-order valence-electron chi connectivity index (χ2n) is 6.17. The SMILES string of the molecule is COc1cc(-c2nc3cc(NC(=O)c4ccc(Br)o4)ccc3o2)cc(OC)c1OC. The molecule has 8 nitrogen and oxygen atoms in total. The molecule has 4 aromatic rings. The summed E-state index contributed by atoms with van der Waals surface area (Å²) in [6, 6.07) is 11.9. The summed E-state index contributed by atoms with van der Waals surface area (Å²) in [6.45, 7) is 0. The number of ether oxygens (including phenoxy) is 3. The highest BCUT2D eigenvalue weighted by atomic mass is 79.9. The van der Waals surface area contributed by atoms with Gasteiger partial charge in [0.05, 0.1) is 21.3 Å². The van der Waals surface area contributed by atoms with E-state index in [4.69, 9.17) is 23.0 Å². The van der Waals surface area contributed by atoms with Gasteiger partial charge in [-0.1, -0.05) is 0 Å². The maximum Gasteiger partial charge on any atom is 0.291 e. The van der Waals surface area contributed by atoms with E-state index in [1.54, 1.807) is 56.7 Å². The number of nitrogens with one attached hydrogen (secondary N) is 1. The number of amides is 1. The fourth-order valence-electron chi connectivity index (χ4n) is 2.96. The summed E-state index contributed by atoms with van der Waals surface area (Å²) < 4.78 is 27.7. The van der Waals surface area contributed by atoms with Gasteiger partial charge in [0.25, 0.3) is 5.91 Å². The van der Waals surface area contributed by atoms with E-state index in [1.165, 1.54) is 7.11 Å². The van der Waals surface area contributed by atoms with E-state index in [-0.39, 0.29) is 11.7 Å². The van der Waals surface area contributed by atoms with Crippen LogP contribution in [-0.2, 0) is 0 Å². The quantitative estimate of drug-likeness (QED) is 0.415. The average molecular weight is 473 g/mol. The number of hydrogen-bond donors (Lipinski definition) is 1. The Morgan fingerprint density at radius 1 is 0.967 bits per heavy atom. The third-order valence-corrected chi connectivity index (χ3v) is 4.78. The van der Waals surface area contributed by atoms with E-state index in [2.05, 4.69) is 26.2 Å². The second kappa shape index (κ2) is 8.11. The molecule has 2 aromatic carbocycles. The lowest BCUT2D eigenvalue weighted by atomic mass is 10.2. The van der Waals surface area contributed by atoms with E-state index >= 15 is 0 Å². The van der Waals surface area contributed by atoms with Crippen LogP contribution in [0.4, 0.5) is 5.69 Å². The van der Waals surface area contributed by atoms with Crippen molar-refractivity contribution in [2.75, 3.05) is 26.6 Å². The first-order chi connectivity index (χ1) is 14.5. The number of anilines is 1. The molecule has 4 rings (SSSR count). The van der Waals surface area contributed by atoms with Crippen LogP contribution in [0.25, 0.3) is 22.6 Å². The van der Waals surface area contributed by atoms with Crippen LogP contribution < -0.4 is 19.5 Å². The highest BCUT2D eigenvalue weighted by Gasteiger charge is 2.18. The van der Waals surface area contributed by atoms with Crippen LogP contribution in [0.3, 0.4) is 0 Å². The Morgan fingerprint density at radius 3 is 2.30 bits per heavy atom. The van der Waals surface area contributed by atoms with Gasteiger partial charge in [0.1, 0.15) is 5.52 Å². The Balaban J connectivity index is 1.66. The summed E-state index contributed by atoms with van der Waals surface area (Å²) in [7, 11) is 4.62. The second-order valence-corrected chi connectivity index (χ2v) is 6.95. The van der Waals surface area contributed by atoms with Crippen molar-refractivity contribution in [2.24, 2.45) is 0 Å². The Morgan fingerprint density at radius 2 is 1.70 bits per heavy atom. The number of furan rings is 1. The van der Waals surface area contributed by atoms with Crippen LogP contribution in [0, 0.1) is 0 Å². The van der Waals surface area contributed by atoms with E-state index in [9.17, 15) is 4.79 Å². The van der Waals surface area contributed by atoms with Crippen molar-refractivity contribution in [3.8, 4) is 28.7 Å². The molecular weight excluding hydrogens is 456 g/mol. The van der Waals surface area contributed by atoms with Gasteiger partial charge in [0.2, 0.25) is 11.6 Å². The zero-order valence-corrected chi connectivity index (χ0v) is 17.9. The monoisotopic (exact) mass is 472 g/mol. The molecule has 0 fully saturated rings. The molecule has 0 aliphatic carbocycles. The van der Waals surface area contributed by atoms with Crippen LogP contribution >= 0.6 is 15.9 Å². The lowest BCUT2D eigenvalue weighted by Gasteiger charge is -2.12. The van der Waals surface area contributed by atoms with Crippen LogP contribution in [0.15, 0.2) is 56.0 Å². The highest BCUT2D eigenvalue weighted by molar-refractivity contribution is 9.10. The van der Waals surface area contributed by atoms with Gasteiger partial charge in [-0.15, -0.1) is 0 Å². The normalized spacial score (nSPS) is 10.8. The minimum Gasteiger partial charge on any atom is -0.493 e. The summed E-state index contributed by atoms with van der Waals surface area (Å²) >= 11 is 3.18. The Hall–Kier alpha value is -3.46. The lowest BCUT2D eigenvalue weighted by molar-refractivity contribution is 0.0995. The molecule has 0 saturated heterocycles. The molecule has 1 amide bonds. The van der Waals surface area contributed by atoms with Crippen molar-refractivity contribution in [1.82, 2.24) is 4.98 Å². The molecule has 2 heterocycles. The van der Waals surface area contributed by atoms with Crippen LogP contribution in [-0.4, -0.2) is 32.2 Å². The number of aromatic nitrogens is 1. The molecule has 2 aromatic heterocycles. The number of benzene rings is 2. The molecule has 9 heteroatoms. The number of nitrogens with zero attached hydrogens (tertiary/aromatic N) is 1. The van der Waals surface area contributed by atoms with Gasteiger partial charge in [-0.2, -0.15) is 0 Å². The van der Waals surface area contributed by atoms with Gasteiger partial charge in [0.15, 0.2) is 27.5 Å².